The summed E-state index contributed by atoms with van der Waals surface area (Å²) < 4.78 is 15.5. The summed E-state index contributed by atoms with van der Waals surface area (Å²) in [6, 6.07) is 9.37. The molecule has 0 saturated carbocycles. The molecule has 0 fully saturated rings. The second-order valence-electron chi connectivity index (χ2n) is 4.85. The number of rotatable bonds is 2. The molecule has 4 heteroatoms. The summed E-state index contributed by atoms with van der Waals surface area (Å²) in [5, 5.41) is 4.90. The first-order chi connectivity index (χ1) is 7.50. The summed E-state index contributed by atoms with van der Waals surface area (Å²) in [4.78, 5) is 0. The van der Waals surface area contributed by atoms with E-state index in [1.165, 1.54) is 4.68 Å². The number of halogens is 1. The highest BCUT2D eigenvalue weighted by atomic mass is 28.3. The van der Waals surface area contributed by atoms with Crippen molar-refractivity contribution < 1.29 is 4.39 Å². The molecule has 1 heterocycles. The molecule has 1 aromatic carbocycles. The standard InChI is InChI=1S/C12H15FN2Si/c1-16(2,3)11-9-14-15(12(11)13)10-7-5-4-6-8-10/h4-9H,1-3H3. The zero-order valence-electron chi connectivity index (χ0n) is 9.74. The number of para-hydroxylation sites is 1. The Morgan fingerprint density at radius 1 is 1.12 bits per heavy atom. The molecule has 2 nitrogen and oxygen atoms in total. The molecular formula is C12H15FN2Si. The van der Waals surface area contributed by atoms with E-state index < -0.39 is 8.07 Å². The average Bonchev–Trinajstić information content (AvgIpc) is 2.61. The molecule has 0 atom stereocenters. The van der Waals surface area contributed by atoms with Crippen molar-refractivity contribution in [2.24, 2.45) is 0 Å². The Hall–Kier alpha value is -1.42. The summed E-state index contributed by atoms with van der Waals surface area (Å²) in [6.07, 6.45) is 1.66. The van der Waals surface area contributed by atoms with Gasteiger partial charge >= 0.3 is 0 Å². The third kappa shape index (κ3) is 1.93. The summed E-state index contributed by atoms with van der Waals surface area (Å²) >= 11 is 0. The molecule has 2 aromatic rings. The number of hydrogen-bond acceptors (Lipinski definition) is 1. The number of aromatic nitrogens is 2. The third-order valence-electron chi connectivity index (χ3n) is 2.52. The average molecular weight is 234 g/mol. The predicted molar refractivity (Wildman–Crippen MR) is 66.5 cm³/mol. The maximum Gasteiger partial charge on any atom is 0.215 e. The predicted octanol–water partition coefficient (Wildman–Crippen LogP) is 2.56. The molecule has 84 valence electrons. The second-order valence-corrected chi connectivity index (χ2v) is 9.89. The molecular weight excluding hydrogens is 219 g/mol. The molecule has 0 unspecified atom stereocenters. The van der Waals surface area contributed by atoms with Gasteiger partial charge in [-0.05, 0) is 12.1 Å². The van der Waals surface area contributed by atoms with E-state index in [2.05, 4.69) is 24.7 Å². The van der Waals surface area contributed by atoms with Gasteiger partial charge in [0, 0.05) is 5.19 Å². The molecule has 1 aromatic heterocycles. The van der Waals surface area contributed by atoms with Crippen LogP contribution in [0.25, 0.3) is 5.69 Å². The van der Waals surface area contributed by atoms with Crippen molar-refractivity contribution in [3.8, 4) is 5.69 Å². The Morgan fingerprint density at radius 3 is 2.25 bits per heavy atom. The maximum absolute atomic E-state index is 14.1. The Labute approximate surface area is 95.7 Å². The van der Waals surface area contributed by atoms with Crippen LogP contribution < -0.4 is 5.19 Å². The summed E-state index contributed by atoms with van der Waals surface area (Å²) in [6.45, 7) is 6.34. The summed E-state index contributed by atoms with van der Waals surface area (Å²) in [7, 11) is -1.65. The third-order valence-corrected chi connectivity index (χ3v) is 4.47. The van der Waals surface area contributed by atoms with Crippen LogP contribution in [0.5, 0.6) is 0 Å². The lowest BCUT2D eigenvalue weighted by atomic mass is 10.3. The smallest absolute Gasteiger partial charge is 0.207 e. The molecule has 0 radical (unpaired) electrons. The van der Waals surface area contributed by atoms with Gasteiger partial charge in [-0.15, -0.1) is 0 Å². The molecule has 0 aliphatic heterocycles. The van der Waals surface area contributed by atoms with Crippen molar-refractivity contribution in [3.05, 3.63) is 42.5 Å². The molecule has 0 saturated heterocycles. The van der Waals surface area contributed by atoms with Crippen molar-refractivity contribution in [3.63, 3.8) is 0 Å². The Morgan fingerprint density at radius 2 is 1.75 bits per heavy atom. The van der Waals surface area contributed by atoms with E-state index in [-0.39, 0.29) is 5.95 Å². The van der Waals surface area contributed by atoms with E-state index in [4.69, 9.17) is 0 Å². The van der Waals surface area contributed by atoms with Crippen LogP contribution >= 0.6 is 0 Å². The van der Waals surface area contributed by atoms with E-state index in [1.54, 1.807) is 6.20 Å². The molecule has 0 aliphatic carbocycles. The van der Waals surface area contributed by atoms with Crippen LogP contribution in [0.2, 0.25) is 19.6 Å². The van der Waals surface area contributed by atoms with Crippen LogP contribution in [0.1, 0.15) is 0 Å². The molecule has 0 bridgehead atoms. The zero-order valence-corrected chi connectivity index (χ0v) is 10.7. The first kappa shape index (κ1) is 11.1. The fraction of sp³-hybridized carbons (Fsp3) is 0.250. The number of nitrogens with zero attached hydrogens (tertiary/aromatic N) is 2. The van der Waals surface area contributed by atoms with Gasteiger partial charge in [-0.25, -0.2) is 4.68 Å². The van der Waals surface area contributed by atoms with Crippen molar-refractivity contribution >= 4 is 13.3 Å². The highest BCUT2D eigenvalue weighted by Crippen LogP contribution is 2.11. The topological polar surface area (TPSA) is 17.8 Å². The Bertz CT molecular complexity index is 485. The van der Waals surface area contributed by atoms with Gasteiger partial charge in [0.15, 0.2) is 0 Å². The Balaban J connectivity index is 2.50. The molecule has 2 rings (SSSR count). The highest BCUT2D eigenvalue weighted by Gasteiger charge is 2.24. The normalized spacial score (nSPS) is 11.8. The van der Waals surface area contributed by atoms with Crippen molar-refractivity contribution in [1.29, 1.82) is 0 Å². The van der Waals surface area contributed by atoms with Crippen LogP contribution in [-0.2, 0) is 0 Å². The van der Waals surface area contributed by atoms with Gasteiger partial charge in [0.05, 0.1) is 20.0 Å². The van der Waals surface area contributed by atoms with Gasteiger partial charge < -0.3 is 0 Å². The number of benzene rings is 1. The molecule has 16 heavy (non-hydrogen) atoms. The molecule has 0 N–H and O–H groups in total. The van der Waals surface area contributed by atoms with Gasteiger partial charge in [-0.2, -0.15) is 9.49 Å². The minimum Gasteiger partial charge on any atom is -0.207 e. The van der Waals surface area contributed by atoms with E-state index in [9.17, 15) is 4.39 Å². The Kier molecular flexibility index (Phi) is 2.67. The zero-order chi connectivity index (χ0) is 11.8. The van der Waals surface area contributed by atoms with Crippen LogP contribution in [0.4, 0.5) is 4.39 Å². The lowest BCUT2D eigenvalue weighted by Crippen LogP contribution is -2.39. The monoisotopic (exact) mass is 234 g/mol. The largest absolute Gasteiger partial charge is 0.215 e. The van der Waals surface area contributed by atoms with Crippen LogP contribution in [0, 0.1) is 5.95 Å². The molecule has 0 aliphatic rings. The van der Waals surface area contributed by atoms with Crippen molar-refractivity contribution in [2.75, 3.05) is 0 Å². The van der Waals surface area contributed by atoms with Gasteiger partial charge in [0.2, 0.25) is 5.95 Å². The lowest BCUT2D eigenvalue weighted by molar-refractivity contribution is 0.542. The van der Waals surface area contributed by atoms with Crippen molar-refractivity contribution in [2.45, 2.75) is 19.6 Å². The quantitative estimate of drug-likeness (QED) is 0.730. The fourth-order valence-corrected chi connectivity index (χ4v) is 2.76. The van der Waals surface area contributed by atoms with Gasteiger partial charge in [-0.1, -0.05) is 37.8 Å². The molecule has 0 spiro atoms. The summed E-state index contributed by atoms with van der Waals surface area (Å²) in [5.74, 6) is -0.217. The minimum atomic E-state index is -1.65. The minimum absolute atomic E-state index is 0.217. The van der Waals surface area contributed by atoms with E-state index in [0.717, 1.165) is 10.9 Å². The maximum atomic E-state index is 14.1. The summed E-state index contributed by atoms with van der Waals surface area (Å²) in [5.41, 5.74) is 0.768. The van der Waals surface area contributed by atoms with E-state index in [1.807, 2.05) is 30.3 Å². The first-order valence-corrected chi connectivity index (χ1v) is 8.79. The SMILES string of the molecule is C[Si](C)(C)c1cnn(-c2ccccc2)c1F. The lowest BCUT2D eigenvalue weighted by Gasteiger charge is -2.13. The highest BCUT2D eigenvalue weighted by molar-refractivity contribution is 6.88. The van der Waals surface area contributed by atoms with E-state index >= 15 is 0 Å². The van der Waals surface area contributed by atoms with Crippen LogP contribution in [0.15, 0.2) is 36.5 Å². The first-order valence-electron chi connectivity index (χ1n) is 5.29. The van der Waals surface area contributed by atoms with Crippen molar-refractivity contribution in [1.82, 2.24) is 9.78 Å². The fourth-order valence-electron chi connectivity index (χ4n) is 1.59. The van der Waals surface area contributed by atoms with E-state index in [0.29, 0.717) is 0 Å². The van der Waals surface area contributed by atoms with Crippen LogP contribution in [-0.4, -0.2) is 17.9 Å². The second kappa shape index (κ2) is 3.86. The van der Waals surface area contributed by atoms with Gasteiger partial charge in [0.25, 0.3) is 0 Å². The van der Waals surface area contributed by atoms with Crippen LogP contribution in [0.3, 0.4) is 0 Å². The van der Waals surface area contributed by atoms with Gasteiger partial charge in [-0.3, -0.25) is 0 Å². The van der Waals surface area contributed by atoms with Gasteiger partial charge in [0.1, 0.15) is 0 Å². The number of hydrogen-bond donors (Lipinski definition) is 0. The molecule has 0 amide bonds.